The van der Waals surface area contributed by atoms with Gasteiger partial charge in [0.1, 0.15) is 0 Å². The lowest BCUT2D eigenvalue weighted by Gasteiger charge is -2.06. The van der Waals surface area contributed by atoms with Crippen LogP contribution >= 0.6 is 0 Å². The summed E-state index contributed by atoms with van der Waals surface area (Å²) in [5.41, 5.74) is 2.37. The molecule has 0 aliphatic rings. The zero-order chi connectivity index (χ0) is 13.8. The SMILES string of the molecule is CC(O)CNC(=O)CCc1cn(C)c2ccccc12. The Balaban J connectivity index is 2.00. The molecule has 0 aliphatic carbocycles. The third-order valence-electron chi connectivity index (χ3n) is 3.20. The third kappa shape index (κ3) is 3.35. The van der Waals surface area contributed by atoms with Gasteiger partial charge in [-0.25, -0.2) is 0 Å². The molecule has 102 valence electrons. The molecular formula is C15H20N2O2. The number of para-hydroxylation sites is 1. The minimum absolute atomic E-state index is 0.0196. The number of hydrogen-bond acceptors (Lipinski definition) is 2. The number of amides is 1. The summed E-state index contributed by atoms with van der Waals surface area (Å²) in [5.74, 6) is -0.0196. The van der Waals surface area contributed by atoms with Gasteiger partial charge in [-0.15, -0.1) is 0 Å². The first-order valence-corrected chi connectivity index (χ1v) is 6.55. The highest BCUT2D eigenvalue weighted by atomic mass is 16.3. The Bertz CT molecular complexity index is 573. The Kier molecular flexibility index (Phi) is 4.22. The Morgan fingerprint density at radius 3 is 2.89 bits per heavy atom. The summed E-state index contributed by atoms with van der Waals surface area (Å²) in [6.07, 6.45) is 2.74. The van der Waals surface area contributed by atoms with Crippen LogP contribution < -0.4 is 5.32 Å². The summed E-state index contributed by atoms with van der Waals surface area (Å²) in [6, 6.07) is 8.19. The van der Waals surface area contributed by atoms with Crippen LogP contribution in [0.5, 0.6) is 0 Å². The smallest absolute Gasteiger partial charge is 0.220 e. The molecule has 0 aliphatic heterocycles. The standard InChI is InChI=1S/C15H20N2O2/c1-11(18)9-16-15(19)8-7-12-10-17(2)14-6-4-3-5-13(12)14/h3-6,10-11,18H,7-9H2,1-2H3,(H,16,19). The zero-order valence-electron chi connectivity index (χ0n) is 11.4. The van der Waals surface area contributed by atoms with Crippen molar-refractivity contribution in [1.29, 1.82) is 0 Å². The number of carbonyl (C=O) groups excluding carboxylic acids is 1. The monoisotopic (exact) mass is 260 g/mol. The maximum atomic E-state index is 11.6. The van der Waals surface area contributed by atoms with Crippen LogP contribution in [0, 0.1) is 0 Å². The van der Waals surface area contributed by atoms with E-state index in [1.54, 1.807) is 6.92 Å². The number of fused-ring (bicyclic) bond motifs is 1. The van der Waals surface area contributed by atoms with Crippen LogP contribution in [0.3, 0.4) is 0 Å². The quantitative estimate of drug-likeness (QED) is 0.858. The average Bonchev–Trinajstić information content (AvgIpc) is 2.71. The molecule has 19 heavy (non-hydrogen) atoms. The maximum Gasteiger partial charge on any atom is 0.220 e. The molecule has 0 fully saturated rings. The molecule has 1 atom stereocenters. The molecule has 0 bridgehead atoms. The van der Waals surface area contributed by atoms with Crippen LogP contribution in [-0.4, -0.2) is 28.2 Å². The number of aromatic nitrogens is 1. The number of carbonyl (C=O) groups is 1. The predicted octanol–water partition coefficient (Wildman–Crippen LogP) is 1.61. The summed E-state index contributed by atoms with van der Waals surface area (Å²) < 4.78 is 2.08. The summed E-state index contributed by atoms with van der Waals surface area (Å²) in [5, 5.41) is 13.0. The highest BCUT2D eigenvalue weighted by Crippen LogP contribution is 2.21. The van der Waals surface area contributed by atoms with Crippen LogP contribution in [-0.2, 0) is 18.3 Å². The normalized spacial score (nSPS) is 12.6. The number of aryl methyl sites for hydroxylation is 2. The molecule has 4 nitrogen and oxygen atoms in total. The second-order valence-electron chi connectivity index (χ2n) is 4.94. The fourth-order valence-electron chi connectivity index (χ4n) is 2.22. The predicted molar refractivity (Wildman–Crippen MR) is 75.9 cm³/mol. The number of hydrogen-bond donors (Lipinski definition) is 2. The van der Waals surface area contributed by atoms with Crippen LogP contribution in [0.15, 0.2) is 30.5 Å². The van der Waals surface area contributed by atoms with Gasteiger partial charge in [0, 0.05) is 37.1 Å². The number of nitrogens with one attached hydrogen (secondary N) is 1. The maximum absolute atomic E-state index is 11.6. The van der Waals surface area contributed by atoms with Crippen molar-refractivity contribution in [3.05, 3.63) is 36.0 Å². The molecular weight excluding hydrogens is 240 g/mol. The first-order valence-electron chi connectivity index (χ1n) is 6.55. The van der Waals surface area contributed by atoms with Gasteiger partial charge < -0.3 is 15.0 Å². The zero-order valence-corrected chi connectivity index (χ0v) is 11.4. The van der Waals surface area contributed by atoms with Crippen molar-refractivity contribution in [3.8, 4) is 0 Å². The first kappa shape index (κ1) is 13.6. The van der Waals surface area contributed by atoms with Crippen molar-refractivity contribution in [2.75, 3.05) is 6.54 Å². The van der Waals surface area contributed by atoms with E-state index in [2.05, 4.69) is 28.2 Å². The summed E-state index contributed by atoms with van der Waals surface area (Å²) in [7, 11) is 2.01. The van der Waals surface area contributed by atoms with Gasteiger partial charge in [0.2, 0.25) is 5.91 Å². The molecule has 2 rings (SSSR count). The Labute approximate surface area is 113 Å². The van der Waals surface area contributed by atoms with E-state index in [1.165, 1.54) is 16.5 Å². The summed E-state index contributed by atoms with van der Waals surface area (Å²) in [4.78, 5) is 11.6. The van der Waals surface area contributed by atoms with Gasteiger partial charge in [-0.1, -0.05) is 18.2 Å². The van der Waals surface area contributed by atoms with E-state index < -0.39 is 6.10 Å². The average molecular weight is 260 g/mol. The van der Waals surface area contributed by atoms with Gasteiger partial charge in [0.15, 0.2) is 0 Å². The molecule has 1 aromatic heterocycles. The molecule has 0 saturated carbocycles. The molecule has 2 N–H and O–H groups in total. The van der Waals surface area contributed by atoms with E-state index in [4.69, 9.17) is 5.11 Å². The minimum atomic E-state index is -0.499. The van der Waals surface area contributed by atoms with Gasteiger partial charge in [-0.05, 0) is 25.0 Å². The van der Waals surface area contributed by atoms with Crippen molar-refractivity contribution in [3.63, 3.8) is 0 Å². The van der Waals surface area contributed by atoms with Crippen LogP contribution in [0.25, 0.3) is 10.9 Å². The lowest BCUT2D eigenvalue weighted by molar-refractivity contribution is -0.121. The van der Waals surface area contributed by atoms with Gasteiger partial charge in [-0.3, -0.25) is 4.79 Å². The molecule has 4 heteroatoms. The molecule has 1 amide bonds. The summed E-state index contributed by atoms with van der Waals surface area (Å²) in [6.45, 7) is 1.97. The van der Waals surface area contributed by atoms with Crippen molar-refractivity contribution in [2.45, 2.75) is 25.9 Å². The highest BCUT2D eigenvalue weighted by Gasteiger charge is 2.08. The molecule has 0 saturated heterocycles. The molecule has 1 unspecified atom stereocenters. The van der Waals surface area contributed by atoms with E-state index in [0.29, 0.717) is 19.4 Å². The molecule has 2 aromatic rings. The van der Waals surface area contributed by atoms with Crippen LogP contribution in [0.2, 0.25) is 0 Å². The lowest BCUT2D eigenvalue weighted by atomic mass is 10.1. The van der Waals surface area contributed by atoms with E-state index in [-0.39, 0.29) is 5.91 Å². The Hall–Kier alpha value is -1.81. The fraction of sp³-hybridized carbons (Fsp3) is 0.400. The number of nitrogens with zero attached hydrogens (tertiary/aromatic N) is 1. The van der Waals surface area contributed by atoms with Gasteiger partial charge in [0.25, 0.3) is 0 Å². The Morgan fingerprint density at radius 1 is 1.42 bits per heavy atom. The summed E-state index contributed by atoms with van der Waals surface area (Å²) >= 11 is 0. The van der Waals surface area contributed by atoms with E-state index >= 15 is 0 Å². The minimum Gasteiger partial charge on any atom is -0.392 e. The van der Waals surface area contributed by atoms with Gasteiger partial charge >= 0.3 is 0 Å². The van der Waals surface area contributed by atoms with Crippen molar-refractivity contribution < 1.29 is 9.90 Å². The molecule has 0 spiro atoms. The van der Waals surface area contributed by atoms with Gasteiger partial charge in [-0.2, -0.15) is 0 Å². The largest absolute Gasteiger partial charge is 0.392 e. The van der Waals surface area contributed by atoms with E-state index in [0.717, 1.165) is 0 Å². The molecule has 1 aromatic carbocycles. The number of benzene rings is 1. The highest BCUT2D eigenvalue weighted by molar-refractivity contribution is 5.84. The number of aliphatic hydroxyl groups excluding tert-OH is 1. The number of rotatable bonds is 5. The second kappa shape index (κ2) is 5.89. The topological polar surface area (TPSA) is 54.3 Å². The third-order valence-corrected chi connectivity index (χ3v) is 3.20. The van der Waals surface area contributed by atoms with Crippen molar-refractivity contribution >= 4 is 16.8 Å². The van der Waals surface area contributed by atoms with Crippen LogP contribution in [0.4, 0.5) is 0 Å². The van der Waals surface area contributed by atoms with Crippen LogP contribution in [0.1, 0.15) is 18.9 Å². The lowest BCUT2D eigenvalue weighted by Crippen LogP contribution is -2.30. The fourth-order valence-corrected chi connectivity index (χ4v) is 2.22. The van der Waals surface area contributed by atoms with Gasteiger partial charge in [0.05, 0.1) is 6.10 Å². The van der Waals surface area contributed by atoms with Crippen molar-refractivity contribution in [1.82, 2.24) is 9.88 Å². The molecule has 0 radical (unpaired) electrons. The Morgan fingerprint density at radius 2 is 2.16 bits per heavy atom. The van der Waals surface area contributed by atoms with E-state index in [1.807, 2.05) is 19.2 Å². The van der Waals surface area contributed by atoms with E-state index in [9.17, 15) is 4.79 Å². The molecule has 1 heterocycles. The van der Waals surface area contributed by atoms with Crippen molar-refractivity contribution in [2.24, 2.45) is 7.05 Å². The first-order chi connectivity index (χ1) is 9.08. The second-order valence-corrected chi connectivity index (χ2v) is 4.94. The number of aliphatic hydroxyl groups is 1.